The number of nitrogens with one attached hydrogen (secondary N) is 1. The second-order valence-corrected chi connectivity index (χ2v) is 8.52. The van der Waals surface area contributed by atoms with Gasteiger partial charge in [0.15, 0.2) is 0 Å². The van der Waals surface area contributed by atoms with Gasteiger partial charge < -0.3 is 5.32 Å². The summed E-state index contributed by atoms with van der Waals surface area (Å²) in [6.45, 7) is 6.84. The maximum absolute atomic E-state index is 13.3. The molecule has 2 heterocycles. The van der Waals surface area contributed by atoms with Crippen LogP contribution in [0.3, 0.4) is 0 Å². The predicted octanol–water partition coefficient (Wildman–Crippen LogP) is 4.84. The molecule has 0 unspecified atom stereocenters. The molecule has 1 aromatic carbocycles. The summed E-state index contributed by atoms with van der Waals surface area (Å²) >= 11 is 1.71. The van der Waals surface area contributed by atoms with E-state index in [2.05, 4.69) is 36.5 Å². The third-order valence-electron chi connectivity index (χ3n) is 5.11. The maximum atomic E-state index is 13.3. The van der Waals surface area contributed by atoms with Gasteiger partial charge in [-0.25, -0.2) is 4.98 Å². The van der Waals surface area contributed by atoms with Crippen molar-refractivity contribution in [3.63, 3.8) is 0 Å². The molecule has 5 heteroatoms. The van der Waals surface area contributed by atoms with Gasteiger partial charge in [-0.1, -0.05) is 29.8 Å². The second kappa shape index (κ2) is 6.88. The topological polar surface area (TPSA) is 46.9 Å². The van der Waals surface area contributed by atoms with Crippen LogP contribution < -0.4 is 10.9 Å². The average Bonchev–Trinajstić information content (AvgIpc) is 2.99. The Kier molecular flexibility index (Phi) is 4.57. The highest BCUT2D eigenvalue weighted by atomic mass is 32.1. The summed E-state index contributed by atoms with van der Waals surface area (Å²) in [6.07, 6.45) is 4.49. The van der Waals surface area contributed by atoms with E-state index in [4.69, 9.17) is 4.98 Å². The SMILES string of the molecule is Cc1ccc(CNc2nc3sc4c(c3c(=O)n2C(C)C)CCCC4)cc1. The molecule has 1 N–H and O–H groups in total. The molecule has 4 rings (SSSR count). The molecule has 0 saturated carbocycles. The first kappa shape index (κ1) is 17.3. The fourth-order valence-corrected chi connectivity index (χ4v) is 4.96. The highest BCUT2D eigenvalue weighted by Gasteiger charge is 2.22. The number of aryl methyl sites for hydroxylation is 3. The van der Waals surface area contributed by atoms with Crippen molar-refractivity contribution in [2.24, 2.45) is 0 Å². The average molecular weight is 368 g/mol. The van der Waals surface area contributed by atoms with E-state index >= 15 is 0 Å². The van der Waals surface area contributed by atoms with Crippen LogP contribution in [0.15, 0.2) is 29.1 Å². The minimum absolute atomic E-state index is 0.0686. The molecular formula is C21H25N3OS. The van der Waals surface area contributed by atoms with E-state index in [1.54, 1.807) is 11.3 Å². The van der Waals surface area contributed by atoms with Crippen LogP contribution in [-0.4, -0.2) is 9.55 Å². The number of rotatable bonds is 4. The largest absolute Gasteiger partial charge is 0.351 e. The van der Waals surface area contributed by atoms with Crippen molar-refractivity contribution in [2.45, 2.75) is 59.0 Å². The summed E-state index contributed by atoms with van der Waals surface area (Å²) in [5.74, 6) is 0.677. The zero-order valence-electron chi connectivity index (χ0n) is 15.6. The van der Waals surface area contributed by atoms with Crippen LogP contribution in [0.25, 0.3) is 10.2 Å². The maximum Gasteiger partial charge on any atom is 0.264 e. The second-order valence-electron chi connectivity index (χ2n) is 7.43. The predicted molar refractivity (Wildman–Crippen MR) is 109 cm³/mol. The lowest BCUT2D eigenvalue weighted by molar-refractivity contribution is 0.579. The number of aromatic nitrogens is 2. The monoisotopic (exact) mass is 367 g/mol. The van der Waals surface area contributed by atoms with E-state index in [9.17, 15) is 4.79 Å². The third kappa shape index (κ3) is 3.05. The van der Waals surface area contributed by atoms with Gasteiger partial charge in [0.05, 0.1) is 5.39 Å². The van der Waals surface area contributed by atoms with Gasteiger partial charge in [0.25, 0.3) is 5.56 Å². The number of benzene rings is 1. The normalized spacial score (nSPS) is 14.0. The number of nitrogens with zero attached hydrogens (tertiary/aromatic N) is 2. The first-order valence-electron chi connectivity index (χ1n) is 9.41. The number of thiophene rings is 1. The Morgan fingerprint density at radius 3 is 2.65 bits per heavy atom. The van der Waals surface area contributed by atoms with Gasteiger partial charge in [0, 0.05) is 17.5 Å². The van der Waals surface area contributed by atoms with Gasteiger partial charge in [-0.05, 0) is 57.6 Å². The van der Waals surface area contributed by atoms with Crippen LogP contribution >= 0.6 is 11.3 Å². The van der Waals surface area contributed by atoms with Crippen LogP contribution in [0.4, 0.5) is 5.95 Å². The number of hydrogen-bond donors (Lipinski definition) is 1. The Hall–Kier alpha value is -2.14. The molecule has 0 amide bonds. The first-order valence-corrected chi connectivity index (χ1v) is 10.2. The summed E-state index contributed by atoms with van der Waals surface area (Å²) in [4.78, 5) is 20.4. The molecule has 0 radical (unpaired) electrons. The van der Waals surface area contributed by atoms with Crippen molar-refractivity contribution in [1.82, 2.24) is 9.55 Å². The molecule has 1 aliphatic rings. The smallest absolute Gasteiger partial charge is 0.264 e. The number of anilines is 1. The molecule has 136 valence electrons. The van der Waals surface area contributed by atoms with E-state index in [1.165, 1.54) is 34.4 Å². The molecule has 1 aliphatic carbocycles. The van der Waals surface area contributed by atoms with Gasteiger partial charge in [0.1, 0.15) is 4.83 Å². The zero-order valence-corrected chi connectivity index (χ0v) is 16.4. The van der Waals surface area contributed by atoms with Gasteiger partial charge in [-0.15, -0.1) is 11.3 Å². The molecule has 0 bridgehead atoms. The molecule has 0 aliphatic heterocycles. The lowest BCUT2D eigenvalue weighted by Gasteiger charge is -2.17. The molecule has 0 fully saturated rings. The third-order valence-corrected chi connectivity index (χ3v) is 6.29. The highest BCUT2D eigenvalue weighted by molar-refractivity contribution is 7.18. The molecule has 2 aromatic heterocycles. The van der Waals surface area contributed by atoms with Gasteiger partial charge in [-0.2, -0.15) is 0 Å². The van der Waals surface area contributed by atoms with Crippen molar-refractivity contribution in [2.75, 3.05) is 5.32 Å². The molecule has 0 saturated heterocycles. The van der Waals surface area contributed by atoms with Gasteiger partial charge >= 0.3 is 0 Å². The Bertz CT molecular complexity index is 999. The molecular weight excluding hydrogens is 342 g/mol. The fourth-order valence-electron chi connectivity index (χ4n) is 3.71. The molecule has 4 nitrogen and oxygen atoms in total. The van der Waals surface area contributed by atoms with E-state index in [0.717, 1.165) is 23.1 Å². The van der Waals surface area contributed by atoms with Crippen LogP contribution in [0.1, 0.15) is 54.3 Å². The fraction of sp³-hybridized carbons (Fsp3) is 0.429. The van der Waals surface area contributed by atoms with Crippen molar-refractivity contribution in [3.8, 4) is 0 Å². The van der Waals surface area contributed by atoms with Gasteiger partial charge in [-0.3, -0.25) is 9.36 Å². The lowest BCUT2D eigenvalue weighted by atomic mass is 9.97. The Labute approximate surface area is 157 Å². The highest BCUT2D eigenvalue weighted by Crippen LogP contribution is 2.34. The molecule has 0 spiro atoms. The summed E-state index contributed by atoms with van der Waals surface area (Å²) < 4.78 is 1.82. The summed E-state index contributed by atoms with van der Waals surface area (Å²) in [5, 5.41) is 4.26. The molecule has 3 aromatic rings. The lowest BCUT2D eigenvalue weighted by Crippen LogP contribution is -2.27. The van der Waals surface area contributed by atoms with Crippen LogP contribution in [0.2, 0.25) is 0 Å². The van der Waals surface area contributed by atoms with Crippen molar-refractivity contribution in [3.05, 3.63) is 56.2 Å². The minimum Gasteiger partial charge on any atom is -0.351 e. The Morgan fingerprint density at radius 1 is 1.19 bits per heavy atom. The summed E-state index contributed by atoms with van der Waals surface area (Å²) in [6, 6.07) is 8.51. The number of hydrogen-bond acceptors (Lipinski definition) is 4. The molecule has 26 heavy (non-hydrogen) atoms. The zero-order chi connectivity index (χ0) is 18.3. The Balaban J connectivity index is 1.77. The summed E-state index contributed by atoms with van der Waals surface area (Å²) in [7, 11) is 0. The van der Waals surface area contributed by atoms with E-state index in [0.29, 0.717) is 12.5 Å². The van der Waals surface area contributed by atoms with Crippen LogP contribution in [0.5, 0.6) is 0 Å². The summed E-state index contributed by atoms with van der Waals surface area (Å²) in [5.41, 5.74) is 3.80. The van der Waals surface area contributed by atoms with Gasteiger partial charge in [0.2, 0.25) is 5.95 Å². The van der Waals surface area contributed by atoms with E-state index in [1.807, 2.05) is 18.4 Å². The van der Waals surface area contributed by atoms with Crippen molar-refractivity contribution in [1.29, 1.82) is 0 Å². The van der Waals surface area contributed by atoms with Crippen LogP contribution in [0, 0.1) is 6.92 Å². The van der Waals surface area contributed by atoms with E-state index < -0.39 is 0 Å². The Morgan fingerprint density at radius 2 is 1.92 bits per heavy atom. The molecule has 0 atom stereocenters. The first-order chi connectivity index (χ1) is 12.5. The number of fused-ring (bicyclic) bond motifs is 3. The minimum atomic E-state index is 0.0686. The standard InChI is InChI=1S/C21H25N3OS/c1-13(2)24-20(25)18-16-6-4-5-7-17(16)26-19(18)23-21(24)22-12-15-10-8-14(3)9-11-15/h8-11,13H,4-7,12H2,1-3H3,(H,22,23). The van der Waals surface area contributed by atoms with Crippen LogP contribution in [-0.2, 0) is 19.4 Å². The quantitative estimate of drug-likeness (QED) is 0.718. The van der Waals surface area contributed by atoms with E-state index in [-0.39, 0.29) is 11.6 Å². The van der Waals surface area contributed by atoms with Crippen molar-refractivity contribution < 1.29 is 0 Å². The van der Waals surface area contributed by atoms with Crippen molar-refractivity contribution >= 4 is 27.5 Å².